The number of hydrogen-bond acceptors (Lipinski definition) is 6. The van der Waals surface area contributed by atoms with Crippen molar-refractivity contribution in [3.05, 3.63) is 89.4 Å². The summed E-state index contributed by atoms with van der Waals surface area (Å²) in [6.45, 7) is 3.93. The van der Waals surface area contributed by atoms with Crippen molar-refractivity contribution in [2.24, 2.45) is 12.5 Å². The Bertz CT molecular complexity index is 1810. The van der Waals surface area contributed by atoms with Gasteiger partial charge in [-0.3, -0.25) is 14.5 Å². The lowest BCUT2D eigenvalue weighted by atomic mass is 9.60. The molecule has 42 heavy (non-hydrogen) atoms. The van der Waals surface area contributed by atoms with E-state index >= 15 is 0 Å². The molecule has 218 valence electrons. The number of nitrogens with zero attached hydrogens (tertiary/aromatic N) is 7. The van der Waals surface area contributed by atoms with E-state index in [1.807, 2.05) is 24.2 Å². The van der Waals surface area contributed by atoms with Gasteiger partial charge >= 0.3 is 0 Å². The molecule has 4 aromatic heterocycles. The SMILES string of the molecule is C=S(=O)(c1cnn(C)c1)N(C(C)C)[C@H]1CCC2=Cc3c(cnn3-c3ccc(F)cn3)C[C@]2(C(=O)c2cc(F)ccn2)C1. The average Bonchev–Trinajstić information content (AvgIpc) is 3.57. The second-order valence-corrected chi connectivity index (χ2v) is 13.4. The molecule has 3 atom stereocenters. The highest BCUT2D eigenvalue weighted by atomic mass is 32.2. The maximum Gasteiger partial charge on any atom is 0.191 e. The largest absolute Gasteiger partial charge is 0.291 e. The molecule has 4 heterocycles. The van der Waals surface area contributed by atoms with E-state index in [2.05, 4.69) is 26.0 Å². The van der Waals surface area contributed by atoms with Crippen molar-refractivity contribution in [1.82, 2.24) is 33.8 Å². The highest BCUT2D eigenvalue weighted by Gasteiger charge is 2.51. The maximum atomic E-state index is 14.4. The molecule has 1 saturated carbocycles. The summed E-state index contributed by atoms with van der Waals surface area (Å²) in [6.07, 6.45) is 11.1. The molecule has 0 amide bonds. The van der Waals surface area contributed by atoms with Gasteiger partial charge in [-0.25, -0.2) is 27.0 Å². The number of halogens is 2. The van der Waals surface area contributed by atoms with Gasteiger partial charge in [0.25, 0.3) is 0 Å². The summed E-state index contributed by atoms with van der Waals surface area (Å²) in [7, 11) is -1.19. The zero-order chi connectivity index (χ0) is 29.8. The smallest absolute Gasteiger partial charge is 0.191 e. The summed E-state index contributed by atoms with van der Waals surface area (Å²) >= 11 is 0. The third-order valence-electron chi connectivity index (χ3n) is 8.21. The van der Waals surface area contributed by atoms with Gasteiger partial charge in [0.1, 0.15) is 17.3 Å². The topological polar surface area (TPSA) is 98.8 Å². The van der Waals surface area contributed by atoms with Gasteiger partial charge in [-0.2, -0.15) is 10.2 Å². The van der Waals surface area contributed by atoms with E-state index in [9.17, 15) is 17.8 Å². The lowest BCUT2D eigenvalue weighted by Gasteiger charge is -2.48. The first-order chi connectivity index (χ1) is 20.0. The third kappa shape index (κ3) is 4.68. The number of carbonyl (C=O) groups excluding carboxylic acids is 1. The summed E-state index contributed by atoms with van der Waals surface area (Å²) in [5.41, 5.74) is 1.39. The van der Waals surface area contributed by atoms with Crippen molar-refractivity contribution in [1.29, 1.82) is 0 Å². The number of allylic oxidation sites excluding steroid dienone is 1. The minimum atomic E-state index is -2.95. The summed E-state index contributed by atoms with van der Waals surface area (Å²) in [6, 6.07) is 4.81. The van der Waals surface area contributed by atoms with Crippen LogP contribution in [0.1, 0.15) is 54.9 Å². The fraction of sp³-hybridized carbons (Fsp3) is 0.333. The summed E-state index contributed by atoms with van der Waals surface area (Å²) in [5.74, 6) is 3.32. The number of rotatable bonds is 7. The Morgan fingerprint density at radius 1 is 1.14 bits per heavy atom. The fourth-order valence-electron chi connectivity index (χ4n) is 6.44. The summed E-state index contributed by atoms with van der Waals surface area (Å²) in [4.78, 5) is 23.4. The van der Waals surface area contributed by atoms with E-state index < -0.39 is 26.8 Å². The van der Waals surface area contributed by atoms with Crippen LogP contribution in [0, 0.1) is 17.0 Å². The minimum Gasteiger partial charge on any atom is -0.291 e. The Kier molecular flexibility index (Phi) is 6.93. The highest BCUT2D eigenvalue weighted by Crippen LogP contribution is 2.51. The van der Waals surface area contributed by atoms with Crippen LogP contribution in [0.3, 0.4) is 0 Å². The van der Waals surface area contributed by atoms with Gasteiger partial charge in [-0.1, -0.05) is 5.57 Å². The molecule has 0 radical (unpaired) electrons. The van der Waals surface area contributed by atoms with Crippen LogP contribution in [0.15, 0.2) is 65.7 Å². The van der Waals surface area contributed by atoms with Gasteiger partial charge in [0, 0.05) is 37.6 Å². The fourth-order valence-corrected chi connectivity index (χ4v) is 8.55. The normalized spacial score (nSPS) is 21.5. The Hall–Kier alpha value is -4.03. The molecular formula is C30H31F2N7O2S. The van der Waals surface area contributed by atoms with Gasteiger partial charge in [0.05, 0.1) is 44.3 Å². The van der Waals surface area contributed by atoms with E-state index in [1.54, 1.807) is 41.1 Å². The zero-order valence-corrected chi connectivity index (χ0v) is 24.4. The molecule has 0 N–H and O–H groups in total. The van der Waals surface area contributed by atoms with Crippen LogP contribution >= 0.6 is 0 Å². The molecule has 0 bridgehead atoms. The number of fused-ring (bicyclic) bond motifs is 2. The first-order valence-corrected chi connectivity index (χ1v) is 15.4. The van der Waals surface area contributed by atoms with Crippen molar-refractivity contribution in [2.45, 2.75) is 56.5 Å². The van der Waals surface area contributed by atoms with E-state index in [0.29, 0.717) is 36.4 Å². The van der Waals surface area contributed by atoms with Gasteiger partial charge in [-0.05, 0) is 75.2 Å². The number of aryl methyl sites for hydroxylation is 1. The molecule has 0 aliphatic heterocycles. The molecule has 0 saturated heterocycles. The van der Waals surface area contributed by atoms with Crippen LogP contribution in [-0.4, -0.2) is 61.8 Å². The highest BCUT2D eigenvalue weighted by molar-refractivity contribution is 7.98. The lowest BCUT2D eigenvalue weighted by molar-refractivity contribution is 0.0726. The van der Waals surface area contributed by atoms with E-state index in [0.717, 1.165) is 23.0 Å². The van der Waals surface area contributed by atoms with Crippen molar-refractivity contribution < 1.29 is 17.8 Å². The van der Waals surface area contributed by atoms with Crippen LogP contribution < -0.4 is 0 Å². The van der Waals surface area contributed by atoms with E-state index in [-0.39, 0.29) is 23.6 Å². The quantitative estimate of drug-likeness (QED) is 0.233. The second kappa shape index (κ2) is 10.4. The van der Waals surface area contributed by atoms with Crippen LogP contribution in [0.25, 0.3) is 11.9 Å². The Labute approximate surface area is 243 Å². The number of hydrogen-bond donors (Lipinski definition) is 0. The maximum absolute atomic E-state index is 14.4. The average molecular weight is 592 g/mol. The first-order valence-electron chi connectivity index (χ1n) is 13.7. The molecule has 12 heteroatoms. The zero-order valence-electron chi connectivity index (χ0n) is 23.6. The Morgan fingerprint density at radius 2 is 1.95 bits per heavy atom. The van der Waals surface area contributed by atoms with Crippen molar-refractivity contribution >= 4 is 27.4 Å². The molecule has 0 spiro atoms. The molecule has 4 aromatic rings. The van der Waals surface area contributed by atoms with Gasteiger partial charge in [-0.15, -0.1) is 0 Å². The Balaban J connectivity index is 1.46. The summed E-state index contributed by atoms with van der Waals surface area (Å²) in [5, 5.41) is 8.73. The third-order valence-corrected chi connectivity index (χ3v) is 10.6. The number of ketones is 1. The van der Waals surface area contributed by atoms with Crippen LogP contribution in [-0.2, 0) is 23.2 Å². The van der Waals surface area contributed by atoms with Crippen molar-refractivity contribution in [2.75, 3.05) is 0 Å². The molecule has 0 aromatic carbocycles. The van der Waals surface area contributed by atoms with E-state index in [4.69, 9.17) is 0 Å². The van der Waals surface area contributed by atoms with E-state index in [1.165, 1.54) is 24.4 Å². The second-order valence-electron chi connectivity index (χ2n) is 11.3. The molecule has 2 aliphatic rings. The van der Waals surface area contributed by atoms with Gasteiger partial charge in [0.15, 0.2) is 11.6 Å². The Morgan fingerprint density at radius 3 is 2.62 bits per heavy atom. The van der Waals surface area contributed by atoms with Crippen LogP contribution in [0.5, 0.6) is 0 Å². The van der Waals surface area contributed by atoms with Crippen LogP contribution in [0.2, 0.25) is 0 Å². The molecule has 6 rings (SSSR count). The minimum absolute atomic E-state index is 0.0382. The van der Waals surface area contributed by atoms with Crippen LogP contribution in [0.4, 0.5) is 8.78 Å². The van der Waals surface area contributed by atoms with Crippen molar-refractivity contribution in [3.63, 3.8) is 0 Å². The molecule has 2 aliphatic carbocycles. The molecule has 1 fully saturated rings. The number of carbonyl (C=O) groups is 1. The van der Waals surface area contributed by atoms with Crippen molar-refractivity contribution in [3.8, 4) is 5.82 Å². The standard InChI is InChI=1S/C30H31F2N7O2S/c1-19(2)39(42(4,41)25-17-35-37(3)18-25)24-7-5-21-11-27-20(15-36-38(27)28-8-6-23(32)16-34-28)13-30(21,14-24)29(40)26-12-22(31)9-10-33-26/h6,8-12,15-19,24H,4-5,7,13-14H2,1-3H3/t24-,30-,42?/m0/s1. The molecule has 9 nitrogen and oxygen atoms in total. The van der Waals surface area contributed by atoms with Gasteiger partial charge < -0.3 is 0 Å². The first kappa shape index (κ1) is 28.1. The number of pyridine rings is 2. The molecular weight excluding hydrogens is 560 g/mol. The van der Waals surface area contributed by atoms with Gasteiger partial charge in [0.2, 0.25) is 0 Å². The summed E-state index contributed by atoms with van der Waals surface area (Å²) < 4.78 is 47.3. The molecule has 1 unspecified atom stereocenters. The number of Topliss-reactive ketones (excluding diaryl/α,β-unsaturated/α-hetero) is 1. The monoisotopic (exact) mass is 591 g/mol. The predicted molar refractivity (Wildman–Crippen MR) is 155 cm³/mol. The number of aromatic nitrogens is 6. The lowest BCUT2D eigenvalue weighted by Crippen LogP contribution is -2.52. The predicted octanol–water partition coefficient (Wildman–Crippen LogP) is 4.44.